The van der Waals surface area contributed by atoms with Gasteiger partial charge in [-0.1, -0.05) is 29.8 Å². The minimum Gasteiger partial charge on any atom is -0.397 e. The summed E-state index contributed by atoms with van der Waals surface area (Å²) in [4.78, 5) is 47.5. The number of alkyl halides is 3. The van der Waals surface area contributed by atoms with Gasteiger partial charge in [0.1, 0.15) is 0 Å². The fourth-order valence-electron chi connectivity index (χ4n) is 6.73. The number of amides is 4. The van der Waals surface area contributed by atoms with Crippen LogP contribution in [-0.4, -0.2) is 70.2 Å². The zero-order chi connectivity index (χ0) is 35.6. The number of hydrogen-bond donors (Lipinski definition) is 2. The lowest BCUT2D eigenvalue weighted by Crippen LogP contribution is -2.50. The highest BCUT2D eigenvalue weighted by atomic mass is 35.5. The van der Waals surface area contributed by atoms with E-state index in [1.807, 2.05) is 65.7 Å². The molecule has 4 aliphatic heterocycles. The van der Waals surface area contributed by atoms with Crippen molar-refractivity contribution in [1.29, 1.82) is 0 Å². The summed E-state index contributed by atoms with van der Waals surface area (Å²) in [6.07, 6.45) is 11.1. The van der Waals surface area contributed by atoms with E-state index >= 15 is 0 Å². The van der Waals surface area contributed by atoms with Crippen molar-refractivity contribution in [3.63, 3.8) is 0 Å². The van der Waals surface area contributed by atoms with Gasteiger partial charge in [0.25, 0.3) is 0 Å². The van der Waals surface area contributed by atoms with E-state index in [0.717, 1.165) is 28.5 Å². The number of carbonyl (C=O) groups is 3. The van der Waals surface area contributed by atoms with E-state index < -0.39 is 29.3 Å². The number of nitrogen functional groups attached to an aromatic ring is 1. The predicted molar refractivity (Wildman–Crippen MR) is 186 cm³/mol. The number of nitrogens with zero attached hydrogens (tertiary/aromatic N) is 4. The number of likely N-dealkylation sites (tertiary alicyclic amines) is 1. The van der Waals surface area contributed by atoms with Gasteiger partial charge in [-0.3, -0.25) is 14.5 Å². The number of benzene rings is 2. The van der Waals surface area contributed by atoms with Crippen LogP contribution in [0, 0.1) is 5.92 Å². The molecule has 4 heterocycles. The fourth-order valence-corrected chi connectivity index (χ4v) is 6.97. The molecular formula is C37H38ClF3N6O3. The Bertz CT molecular complexity index is 1790. The molecule has 4 aliphatic rings. The highest BCUT2D eigenvalue weighted by Crippen LogP contribution is 2.38. The monoisotopic (exact) mass is 706 g/mol. The molecule has 0 spiro atoms. The first-order chi connectivity index (χ1) is 23.9. The molecule has 50 heavy (non-hydrogen) atoms. The minimum absolute atomic E-state index is 0.0651. The Kier molecular flexibility index (Phi) is 10.1. The highest BCUT2D eigenvalue weighted by Gasteiger charge is 2.36. The number of carbonyl (C=O) groups excluding carboxylic acids is 3. The van der Waals surface area contributed by atoms with Gasteiger partial charge in [0.15, 0.2) is 0 Å². The smallest absolute Gasteiger partial charge is 0.397 e. The van der Waals surface area contributed by atoms with E-state index in [1.54, 1.807) is 29.5 Å². The Morgan fingerprint density at radius 3 is 2.28 bits per heavy atom. The summed E-state index contributed by atoms with van der Waals surface area (Å²) in [5, 5.41) is 2.72. The molecular weight excluding hydrogens is 669 g/mol. The summed E-state index contributed by atoms with van der Waals surface area (Å²) in [5.41, 5.74) is 7.80. The number of nitrogens with one attached hydrogen (secondary N) is 1. The van der Waals surface area contributed by atoms with Crippen molar-refractivity contribution in [1.82, 2.24) is 19.6 Å². The molecule has 0 bridgehead atoms. The van der Waals surface area contributed by atoms with Gasteiger partial charge in [-0.05, 0) is 90.5 Å². The number of para-hydroxylation sites is 1. The molecule has 6 rings (SSSR count). The molecule has 0 saturated carbocycles. The zero-order valence-electron chi connectivity index (χ0n) is 27.5. The fraction of sp³-hybridized carbons (Fsp3) is 0.324. The summed E-state index contributed by atoms with van der Waals surface area (Å²) < 4.78 is 41.4. The molecule has 13 heteroatoms. The summed E-state index contributed by atoms with van der Waals surface area (Å²) in [6, 6.07) is 9.68. The van der Waals surface area contributed by atoms with Crippen molar-refractivity contribution in [3.05, 3.63) is 118 Å². The second-order valence-corrected chi connectivity index (χ2v) is 13.3. The minimum atomic E-state index is -4.75. The third-order valence-corrected chi connectivity index (χ3v) is 9.86. The molecule has 2 aromatic rings. The number of allylic oxidation sites excluding steroid dienone is 6. The molecule has 1 atom stereocenters. The van der Waals surface area contributed by atoms with Gasteiger partial charge in [-0.25, -0.2) is 4.79 Å². The SMILES string of the molecule is CN1C=CC(=C2C=CN(C(=O)[C@H](CC(=O)N3CCC(N4CCc5ccccc5NC4=O)CC3)Cc3cc(Cl)c(N)c(C(F)(F)F)c3)C=C2)C=C1. The molecule has 0 radical (unpaired) electrons. The molecule has 0 aromatic heterocycles. The van der Waals surface area contributed by atoms with Crippen LogP contribution in [0.15, 0.2) is 96.6 Å². The van der Waals surface area contributed by atoms with E-state index in [1.165, 1.54) is 11.0 Å². The quantitative estimate of drug-likeness (QED) is 0.325. The maximum Gasteiger partial charge on any atom is 0.418 e. The van der Waals surface area contributed by atoms with E-state index in [-0.39, 0.29) is 41.4 Å². The molecule has 1 fully saturated rings. The van der Waals surface area contributed by atoms with Gasteiger partial charge in [0.05, 0.1) is 22.2 Å². The second kappa shape index (κ2) is 14.5. The van der Waals surface area contributed by atoms with E-state index in [4.69, 9.17) is 17.3 Å². The van der Waals surface area contributed by atoms with Crippen LogP contribution in [0.1, 0.15) is 36.0 Å². The van der Waals surface area contributed by atoms with Gasteiger partial charge < -0.3 is 25.8 Å². The molecule has 4 amide bonds. The topological polar surface area (TPSA) is 102 Å². The summed E-state index contributed by atoms with van der Waals surface area (Å²) in [7, 11) is 1.91. The van der Waals surface area contributed by atoms with Crippen molar-refractivity contribution in [3.8, 4) is 0 Å². The zero-order valence-corrected chi connectivity index (χ0v) is 28.3. The normalized spacial score (nSPS) is 18.7. The highest BCUT2D eigenvalue weighted by molar-refractivity contribution is 6.33. The Morgan fingerprint density at radius 2 is 1.62 bits per heavy atom. The summed E-state index contributed by atoms with van der Waals surface area (Å²) >= 11 is 6.12. The third kappa shape index (κ3) is 7.75. The Hall–Kier alpha value is -4.97. The summed E-state index contributed by atoms with van der Waals surface area (Å²) in [5.74, 6) is -1.73. The van der Waals surface area contributed by atoms with Crippen molar-refractivity contribution in [2.24, 2.45) is 5.92 Å². The van der Waals surface area contributed by atoms with Crippen molar-refractivity contribution < 1.29 is 27.6 Å². The number of urea groups is 1. The van der Waals surface area contributed by atoms with Crippen LogP contribution in [0.3, 0.4) is 0 Å². The van der Waals surface area contributed by atoms with Gasteiger partial charge in [-0.15, -0.1) is 0 Å². The van der Waals surface area contributed by atoms with Crippen LogP contribution < -0.4 is 11.1 Å². The van der Waals surface area contributed by atoms with Crippen molar-refractivity contribution >= 4 is 40.8 Å². The van der Waals surface area contributed by atoms with E-state index in [9.17, 15) is 27.6 Å². The molecule has 0 aliphatic carbocycles. The van der Waals surface area contributed by atoms with Crippen LogP contribution in [-0.2, 0) is 28.6 Å². The number of anilines is 2. The molecule has 3 N–H and O–H groups in total. The second-order valence-electron chi connectivity index (χ2n) is 12.9. The van der Waals surface area contributed by atoms with Crippen LogP contribution >= 0.6 is 11.6 Å². The first kappa shape index (κ1) is 34.9. The van der Waals surface area contributed by atoms with Crippen LogP contribution in [0.4, 0.5) is 29.3 Å². The average molecular weight is 707 g/mol. The Labute approximate surface area is 293 Å². The predicted octanol–water partition coefficient (Wildman–Crippen LogP) is 6.71. The van der Waals surface area contributed by atoms with Gasteiger partial charge in [-0.2, -0.15) is 13.2 Å². The van der Waals surface area contributed by atoms with Gasteiger partial charge in [0.2, 0.25) is 11.8 Å². The van der Waals surface area contributed by atoms with Crippen LogP contribution in [0.25, 0.3) is 0 Å². The van der Waals surface area contributed by atoms with E-state index in [0.29, 0.717) is 38.9 Å². The van der Waals surface area contributed by atoms with Gasteiger partial charge in [0, 0.05) is 69.6 Å². The molecule has 0 unspecified atom stereocenters. The standard InChI is InChI=1S/C37H38ClF3N6O3/c1-44-13-6-25(7-14-44)26-8-15-46(16-9-26)35(49)28(20-24-21-30(37(39,40)41)34(42)31(38)22-24)23-33(48)45-17-11-29(12-18-45)47-19-10-27-4-2-3-5-32(27)43-36(47)50/h2-9,13-16,21-22,28-29H,10-12,17-20,23,42H2,1H3,(H,43,50)/t28-/m0/s1. The van der Waals surface area contributed by atoms with Crippen LogP contribution in [0.2, 0.25) is 5.02 Å². The number of halogens is 4. The molecule has 1 saturated heterocycles. The Morgan fingerprint density at radius 1 is 0.980 bits per heavy atom. The maximum atomic E-state index is 14.0. The lowest BCUT2D eigenvalue weighted by molar-refractivity contribution is -0.139. The maximum absolute atomic E-state index is 14.0. The molecule has 2 aromatic carbocycles. The van der Waals surface area contributed by atoms with Crippen molar-refractivity contribution in [2.75, 3.05) is 37.7 Å². The number of piperidine rings is 1. The molecule has 262 valence electrons. The number of nitrogens with two attached hydrogens (primary N) is 1. The largest absolute Gasteiger partial charge is 0.418 e. The first-order valence-electron chi connectivity index (χ1n) is 16.5. The lowest BCUT2D eigenvalue weighted by atomic mass is 9.92. The first-order valence-corrected chi connectivity index (χ1v) is 16.8. The lowest BCUT2D eigenvalue weighted by Gasteiger charge is -2.38. The van der Waals surface area contributed by atoms with Crippen molar-refractivity contribution in [2.45, 2.75) is 44.3 Å². The molecule has 9 nitrogen and oxygen atoms in total. The van der Waals surface area contributed by atoms with Crippen LogP contribution in [0.5, 0.6) is 0 Å². The number of fused-ring (bicyclic) bond motifs is 1. The Balaban J connectivity index is 1.17. The average Bonchev–Trinajstić information content (AvgIpc) is 3.27. The number of hydrogen-bond acceptors (Lipinski definition) is 5. The number of rotatable bonds is 6. The van der Waals surface area contributed by atoms with E-state index in [2.05, 4.69) is 5.32 Å². The summed E-state index contributed by atoms with van der Waals surface area (Å²) in [6.45, 7) is 1.31. The van der Waals surface area contributed by atoms with Gasteiger partial charge >= 0.3 is 12.2 Å². The third-order valence-electron chi connectivity index (χ3n) is 9.54.